The van der Waals surface area contributed by atoms with Crippen LogP contribution in [0.5, 0.6) is 0 Å². The Bertz CT molecular complexity index is 506. The summed E-state index contributed by atoms with van der Waals surface area (Å²) in [5, 5.41) is 16.4. The zero-order valence-electron chi connectivity index (χ0n) is 12.5. The fourth-order valence-corrected chi connectivity index (χ4v) is 2.08. The van der Waals surface area contributed by atoms with E-state index in [0.29, 0.717) is 11.7 Å². The number of tetrazole rings is 1. The Hall–Kier alpha value is -1.75. The topological polar surface area (TPSA) is 55.6 Å². The van der Waals surface area contributed by atoms with Gasteiger partial charge in [0.1, 0.15) is 0 Å². The fraction of sp³-hybridized carbons (Fsp3) is 0.533. The molecular formula is C15H23N5. The van der Waals surface area contributed by atoms with Gasteiger partial charge in [-0.25, -0.2) is 0 Å². The second-order valence-electron chi connectivity index (χ2n) is 5.31. The fourth-order valence-electron chi connectivity index (χ4n) is 2.08. The van der Waals surface area contributed by atoms with Gasteiger partial charge in [0.2, 0.25) is 5.82 Å². The van der Waals surface area contributed by atoms with E-state index in [-0.39, 0.29) is 6.04 Å². The Balaban J connectivity index is 2.12. The van der Waals surface area contributed by atoms with E-state index in [0.717, 1.165) is 25.1 Å². The number of aromatic nitrogens is 4. The average Bonchev–Trinajstić information content (AvgIpc) is 2.93. The molecule has 0 spiro atoms. The summed E-state index contributed by atoms with van der Waals surface area (Å²) in [5.74, 6) is 1.14. The van der Waals surface area contributed by atoms with Crippen LogP contribution in [0.3, 0.4) is 0 Å². The summed E-state index contributed by atoms with van der Waals surface area (Å²) in [5.41, 5.74) is 1.00. The number of hydrogen-bond acceptors (Lipinski definition) is 4. The largest absolute Gasteiger partial charge is 0.315 e. The third-order valence-corrected chi connectivity index (χ3v) is 3.31. The van der Waals surface area contributed by atoms with E-state index in [4.69, 9.17) is 0 Å². The maximum atomic E-state index is 4.54. The van der Waals surface area contributed by atoms with Crippen molar-refractivity contribution in [2.75, 3.05) is 13.1 Å². The molecule has 1 N–H and O–H groups in total. The van der Waals surface area contributed by atoms with E-state index in [1.807, 2.05) is 30.3 Å². The Kier molecular flexibility index (Phi) is 5.24. The molecule has 0 aliphatic carbocycles. The highest BCUT2D eigenvalue weighted by Gasteiger charge is 2.18. The smallest absolute Gasteiger partial charge is 0.204 e. The maximum Gasteiger partial charge on any atom is 0.204 e. The van der Waals surface area contributed by atoms with Crippen LogP contribution < -0.4 is 5.32 Å². The number of benzene rings is 1. The van der Waals surface area contributed by atoms with Gasteiger partial charge >= 0.3 is 0 Å². The van der Waals surface area contributed by atoms with Crippen molar-refractivity contribution in [3.63, 3.8) is 0 Å². The molecule has 1 unspecified atom stereocenters. The first-order chi connectivity index (χ1) is 9.72. The zero-order chi connectivity index (χ0) is 14.4. The first-order valence-electron chi connectivity index (χ1n) is 7.28. The molecule has 0 radical (unpaired) electrons. The van der Waals surface area contributed by atoms with Gasteiger partial charge in [0.25, 0.3) is 0 Å². The lowest BCUT2D eigenvalue weighted by Crippen LogP contribution is -2.30. The average molecular weight is 273 g/mol. The lowest BCUT2D eigenvalue weighted by atomic mass is 10.1. The van der Waals surface area contributed by atoms with Crippen LogP contribution in [-0.2, 0) is 0 Å². The molecule has 0 saturated carbocycles. The van der Waals surface area contributed by atoms with Gasteiger partial charge in [-0.05, 0) is 24.1 Å². The van der Waals surface area contributed by atoms with Crippen LogP contribution in [0.1, 0.15) is 33.2 Å². The molecule has 5 heteroatoms. The maximum absolute atomic E-state index is 4.54. The highest BCUT2D eigenvalue weighted by atomic mass is 15.6. The molecule has 1 aromatic carbocycles. The summed E-state index contributed by atoms with van der Waals surface area (Å²) in [4.78, 5) is 1.75. The standard InChI is InChI=1S/C15H23N5/c1-4-10-16-11-14(12(2)3)20-18-15(17-19-20)13-8-6-5-7-9-13/h5-9,12,14,16H,4,10-11H2,1-3H3. The Morgan fingerprint density at radius 1 is 1.20 bits per heavy atom. The Labute approximate surface area is 120 Å². The van der Waals surface area contributed by atoms with Crippen LogP contribution in [-0.4, -0.2) is 33.3 Å². The van der Waals surface area contributed by atoms with Crippen LogP contribution in [0.25, 0.3) is 11.4 Å². The summed E-state index contributed by atoms with van der Waals surface area (Å²) in [7, 11) is 0. The molecule has 5 nitrogen and oxygen atoms in total. The van der Waals surface area contributed by atoms with Gasteiger partial charge in [-0.2, -0.15) is 4.80 Å². The first kappa shape index (κ1) is 14.7. The van der Waals surface area contributed by atoms with Gasteiger partial charge in [-0.3, -0.25) is 0 Å². The monoisotopic (exact) mass is 273 g/mol. The van der Waals surface area contributed by atoms with Gasteiger partial charge in [0, 0.05) is 12.1 Å². The Morgan fingerprint density at radius 3 is 2.60 bits per heavy atom. The van der Waals surface area contributed by atoms with Crippen LogP contribution in [0.15, 0.2) is 30.3 Å². The summed E-state index contributed by atoms with van der Waals surface area (Å²) in [6, 6.07) is 10.2. The van der Waals surface area contributed by atoms with E-state index in [1.54, 1.807) is 4.80 Å². The van der Waals surface area contributed by atoms with Crippen LogP contribution in [0.4, 0.5) is 0 Å². The van der Waals surface area contributed by atoms with Crippen molar-refractivity contribution in [2.45, 2.75) is 33.2 Å². The minimum atomic E-state index is 0.228. The minimum Gasteiger partial charge on any atom is -0.315 e. The SMILES string of the molecule is CCCNCC(C(C)C)n1nnc(-c2ccccc2)n1. The molecule has 0 aliphatic heterocycles. The second kappa shape index (κ2) is 7.14. The lowest BCUT2D eigenvalue weighted by molar-refractivity contribution is 0.296. The van der Waals surface area contributed by atoms with Crippen molar-refractivity contribution in [1.29, 1.82) is 0 Å². The van der Waals surface area contributed by atoms with E-state index in [1.165, 1.54) is 0 Å². The Morgan fingerprint density at radius 2 is 1.95 bits per heavy atom. The van der Waals surface area contributed by atoms with Crippen LogP contribution in [0.2, 0.25) is 0 Å². The zero-order valence-corrected chi connectivity index (χ0v) is 12.5. The number of nitrogens with one attached hydrogen (secondary N) is 1. The van der Waals surface area contributed by atoms with Crippen molar-refractivity contribution >= 4 is 0 Å². The minimum absolute atomic E-state index is 0.228. The van der Waals surface area contributed by atoms with Gasteiger partial charge in [0.15, 0.2) is 0 Å². The summed E-state index contributed by atoms with van der Waals surface area (Å²) in [6.45, 7) is 8.42. The van der Waals surface area contributed by atoms with Gasteiger partial charge in [-0.1, -0.05) is 51.1 Å². The van der Waals surface area contributed by atoms with Gasteiger partial charge in [-0.15, -0.1) is 10.2 Å². The third-order valence-electron chi connectivity index (χ3n) is 3.31. The van der Waals surface area contributed by atoms with Crippen LogP contribution >= 0.6 is 0 Å². The van der Waals surface area contributed by atoms with Crippen molar-refractivity contribution in [2.24, 2.45) is 5.92 Å². The first-order valence-corrected chi connectivity index (χ1v) is 7.28. The highest BCUT2D eigenvalue weighted by Crippen LogP contribution is 2.17. The number of rotatable bonds is 7. The summed E-state index contributed by atoms with van der Waals surface area (Å²) < 4.78 is 0. The normalized spacial score (nSPS) is 12.8. The molecule has 0 aliphatic rings. The third kappa shape index (κ3) is 3.63. The molecule has 108 valence electrons. The van der Waals surface area contributed by atoms with Gasteiger partial charge < -0.3 is 5.32 Å². The van der Waals surface area contributed by atoms with E-state index in [2.05, 4.69) is 41.5 Å². The number of hydrogen-bond donors (Lipinski definition) is 1. The molecular weight excluding hydrogens is 250 g/mol. The molecule has 1 heterocycles. The predicted octanol–water partition coefficient (Wildman–Crippen LogP) is 2.54. The molecule has 2 aromatic rings. The lowest BCUT2D eigenvalue weighted by Gasteiger charge is -2.19. The van der Waals surface area contributed by atoms with Crippen molar-refractivity contribution in [3.05, 3.63) is 30.3 Å². The molecule has 1 atom stereocenters. The molecule has 20 heavy (non-hydrogen) atoms. The summed E-state index contributed by atoms with van der Waals surface area (Å²) >= 11 is 0. The van der Waals surface area contributed by atoms with E-state index >= 15 is 0 Å². The molecule has 0 fully saturated rings. The van der Waals surface area contributed by atoms with Crippen molar-refractivity contribution in [1.82, 2.24) is 25.5 Å². The van der Waals surface area contributed by atoms with E-state index in [9.17, 15) is 0 Å². The van der Waals surface area contributed by atoms with Crippen LogP contribution in [0, 0.1) is 5.92 Å². The predicted molar refractivity (Wildman–Crippen MR) is 80.3 cm³/mol. The highest BCUT2D eigenvalue weighted by molar-refractivity contribution is 5.52. The van der Waals surface area contributed by atoms with E-state index < -0.39 is 0 Å². The van der Waals surface area contributed by atoms with Crippen molar-refractivity contribution < 1.29 is 0 Å². The second-order valence-corrected chi connectivity index (χ2v) is 5.31. The molecule has 0 amide bonds. The molecule has 0 bridgehead atoms. The molecule has 2 rings (SSSR count). The summed E-state index contributed by atoms with van der Waals surface area (Å²) in [6.07, 6.45) is 1.13. The number of nitrogens with zero attached hydrogens (tertiary/aromatic N) is 4. The van der Waals surface area contributed by atoms with Crippen molar-refractivity contribution in [3.8, 4) is 11.4 Å². The van der Waals surface area contributed by atoms with Gasteiger partial charge in [0.05, 0.1) is 6.04 Å². The quantitative estimate of drug-likeness (QED) is 0.788. The molecule has 1 aromatic heterocycles. The molecule has 0 saturated heterocycles.